The van der Waals surface area contributed by atoms with Gasteiger partial charge in [0.2, 0.25) is 0 Å². The Balaban J connectivity index is 3.11. The Morgan fingerprint density at radius 1 is 1.58 bits per heavy atom. The van der Waals surface area contributed by atoms with Gasteiger partial charge in [0.25, 0.3) is 10.0 Å². The molecule has 1 heterocycles. The van der Waals surface area contributed by atoms with Crippen molar-refractivity contribution in [2.75, 3.05) is 25.4 Å². The topological polar surface area (TPSA) is 127 Å². The van der Waals surface area contributed by atoms with Gasteiger partial charge in [-0.15, -0.1) is 0 Å². The highest BCUT2D eigenvalue weighted by molar-refractivity contribution is 7.91. The predicted molar refractivity (Wildman–Crippen MR) is 71.5 cm³/mol. The smallest absolute Gasteiger partial charge is 0.304 e. The van der Waals surface area contributed by atoms with Crippen LogP contribution in [0.25, 0.3) is 0 Å². The van der Waals surface area contributed by atoms with Gasteiger partial charge in [0.15, 0.2) is 5.00 Å². The van der Waals surface area contributed by atoms with E-state index in [4.69, 9.17) is 10.8 Å². The van der Waals surface area contributed by atoms with Crippen molar-refractivity contribution in [2.24, 2.45) is 0 Å². The van der Waals surface area contributed by atoms with Crippen molar-refractivity contribution < 1.29 is 18.4 Å². The highest BCUT2D eigenvalue weighted by atomic mass is 32.2. The second kappa shape index (κ2) is 6.28. The first-order valence-corrected chi connectivity index (χ1v) is 7.75. The average Bonchev–Trinajstić information content (AvgIpc) is 2.73. The van der Waals surface area contributed by atoms with Crippen LogP contribution in [0.1, 0.15) is 13.3 Å². The summed E-state index contributed by atoms with van der Waals surface area (Å²) in [7, 11) is -3.80. The molecule has 0 aliphatic heterocycles. The number of rotatable bonds is 7. The molecule has 0 aliphatic rings. The number of nitrogen functional groups attached to an aromatic ring is 1. The van der Waals surface area contributed by atoms with E-state index in [-0.39, 0.29) is 28.9 Å². The maximum atomic E-state index is 12.2. The summed E-state index contributed by atoms with van der Waals surface area (Å²) < 4.78 is 25.5. The van der Waals surface area contributed by atoms with E-state index in [1.807, 2.05) is 0 Å². The second-order valence-electron chi connectivity index (χ2n) is 3.65. The molecule has 8 nitrogen and oxygen atoms in total. The maximum absolute atomic E-state index is 12.2. The minimum atomic E-state index is -3.80. The number of nitro groups is 1. The zero-order valence-corrected chi connectivity index (χ0v) is 11.9. The maximum Gasteiger partial charge on any atom is 0.304 e. The fourth-order valence-electron chi connectivity index (χ4n) is 1.47. The molecule has 1 rings (SSSR count). The van der Waals surface area contributed by atoms with E-state index in [1.165, 1.54) is 0 Å². The van der Waals surface area contributed by atoms with Crippen LogP contribution in [0.4, 0.5) is 10.7 Å². The summed E-state index contributed by atoms with van der Waals surface area (Å²) >= 11 is 0.671. The molecule has 0 spiro atoms. The van der Waals surface area contributed by atoms with Crippen molar-refractivity contribution in [3.05, 3.63) is 16.2 Å². The van der Waals surface area contributed by atoms with Crippen LogP contribution in [0, 0.1) is 10.1 Å². The zero-order valence-electron chi connectivity index (χ0n) is 10.3. The standard InChI is InChI=1S/C9H15N3O5S2/c1-2-11(4-3-5-13)19(16,17)8-6-7(12(14)15)9(10)18-8/h6,13H,2-5,10H2,1H3. The Morgan fingerprint density at radius 3 is 2.63 bits per heavy atom. The third-order valence-corrected chi connectivity index (χ3v) is 5.80. The van der Waals surface area contributed by atoms with E-state index >= 15 is 0 Å². The van der Waals surface area contributed by atoms with Crippen LogP contribution < -0.4 is 5.73 Å². The minimum absolute atomic E-state index is 0.126. The summed E-state index contributed by atoms with van der Waals surface area (Å²) in [6.07, 6.45) is 0.302. The summed E-state index contributed by atoms with van der Waals surface area (Å²) in [6, 6.07) is 0.969. The Bertz CT molecular complexity index is 554. The first-order valence-electron chi connectivity index (χ1n) is 5.49. The van der Waals surface area contributed by atoms with Crippen LogP contribution in [-0.2, 0) is 10.0 Å². The number of aliphatic hydroxyl groups excluding tert-OH is 1. The van der Waals surface area contributed by atoms with Crippen LogP contribution in [0.3, 0.4) is 0 Å². The Labute approximate surface area is 114 Å². The van der Waals surface area contributed by atoms with Crippen LogP contribution in [0.15, 0.2) is 10.3 Å². The third kappa shape index (κ3) is 3.41. The number of hydrogen-bond acceptors (Lipinski definition) is 7. The van der Waals surface area contributed by atoms with Crippen molar-refractivity contribution in [3.63, 3.8) is 0 Å². The number of nitrogens with two attached hydrogens (primary N) is 1. The van der Waals surface area contributed by atoms with E-state index in [0.29, 0.717) is 17.8 Å². The van der Waals surface area contributed by atoms with E-state index in [9.17, 15) is 18.5 Å². The minimum Gasteiger partial charge on any atom is -0.396 e. The monoisotopic (exact) mass is 309 g/mol. The van der Waals surface area contributed by atoms with E-state index < -0.39 is 20.6 Å². The molecule has 0 saturated carbocycles. The average molecular weight is 309 g/mol. The number of sulfonamides is 1. The molecule has 0 aliphatic carbocycles. The summed E-state index contributed by atoms with van der Waals surface area (Å²) in [6.45, 7) is 1.90. The molecule has 0 aromatic carbocycles. The Kier molecular flexibility index (Phi) is 5.23. The molecule has 0 amide bonds. The van der Waals surface area contributed by atoms with E-state index in [1.54, 1.807) is 6.92 Å². The fourth-order valence-corrected chi connectivity index (χ4v) is 4.32. The summed E-state index contributed by atoms with van der Waals surface area (Å²) in [5.41, 5.74) is 5.03. The molecule has 19 heavy (non-hydrogen) atoms. The van der Waals surface area contributed by atoms with Gasteiger partial charge in [0.05, 0.1) is 4.92 Å². The first-order chi connectivity index (χ1) is 8.84. The number of aliphatic hydroxyl groups is 1. The Hall–Kier alpha value is -1.23. The van der Waals surface area contributed by atoms with Gasteiger partial charge in [-0.05, 0) is 6.42 Å². The number of nitrogens with zero attached hydrogens (tertiary/aromatic N) is 2. The molecule has 0 bridgehead atoms. The van der Waals surface area contributed by atoms with Gasteiger partial charge >= 0.3 is 5.69 Å². The highest BCUT2D eigenvalue weighted by Crippen LogP contribution is 2.35. The van der Waals surface area contributed by atoms with Crippen LogP contribution in [0.5, 0.6) is 0 Å². The van der Waals surface area contributed by atoms with Crippen LogP contribution >= 0.6 is 11.3 Å². The molecular weight excluding hydrogens is 294 g/mol. The zero-order chi connectivity index (χ0) is 14.6. The van der Waals surface area contributed by atoms with Crippen molar-refractivity contribution in [2.45, 2.75) is 17.6 Å². The molecular formula is C9H15N3O5S2. The third-order valence-electron chi connectivity index (χ3n) is 2.43. The molecule has 1 aromatic rings. The lowest BCUT2D eigenvalue weighted by atomic mass is 10.4. The quantitative estimate of drug-likeness (QED) is 0.562. The molecule has 1 aromatic heterocycles. The van der Waals surface area contributed by atoms with Gasteiger partial charge in [0.1, 0.15) is 4.21 Å². The molecule has 0 saturated heterocycles. The normalized spacial score (nSPS) is 11.9. The van der Waals surface area contributed by atoms with Gasteiger partial charge < -0.3 is 10.8 Å². The molecule has 0 radical (unpaired) electrons. The van der Waals surface area contributed by atoms with Crippen LogP contribution in [0.2, 0.25) is 0 Å². The number of hydrogen-bond donors (Lipinski definition) is 2. The molecule has 0 unspecified atom stereocenters. The lowest BCUT2D eigenvalue weighted by molar-refractivity contribution is -0.383. The number of thiophene rings is 1. The lowest BCUT2D eigenvalue weighted by Crippen LogP contribution is -2.31. The second-order valence-corrected chi connectivity index (χ2v) is 6.89. The first kappa shape index (κ1) is 15.8. The molecule has 3 N–H and O–H groups in total. The fraction of sp³-hybridized carbons (Fsp3) is 0.556. The molecule has 0 fully saturated rings. The molecule has 108 valence electrons. The predicted octanol–water partition coefficient (Wildman–Crippen LogP) is 0.632. The Morgan fingerprint density at radius 2 is 2.21 bits per heavy atom. The highest BCUT2D eigenvalue weighted by Gasteiger charge is 2.29. The van der Waals surface area contributed by atoms with Crippen molar-refractivity contribution in [1.29, 1.82) is 0 Å². The van der Waals surface area contributed by atoms with Gasteiger partial charge in [-0.1, -0.05) is 18.3 Å². The SMILES string of the molecule is CCN(CCCO)S(=O)(=O)c1cc([N+](=O)[O-])c(N)s1. The van der Waals surface area contributed by atoms with E-state index in [0.717, 1.165) is 10.4 Å². The van der Waals surface area contributed by atoms with Gasteiger partial charge in [0, 0.05) is 25.8 Å². The largest absolute Gasteiger partial charge is 0.396 e. The summed E-state index contributed by atoms with van der Waals surface area (Å²) in [5, 5.41) is 19.3. The summed E-state index contributed by atoms with van der Waals surface area (Å²) in [5.74, 6) is 0. The van der Waals surface area contributed by atoms with Crippen molar-refractivity contribution >= 4 is 32.0 Å². The van der Waals surface area contributed by atoms with Gasteiger partial charge in [-0.3, -0.25) is 10.1 Å². The molecule has 0 atom stereocenters. The van der Waals surface area contributed by atoms with Gasteiger partial charge in [-0.2, -0.15) is 4.31 Å². The van der Waals surface area contributed by atoms with Gasteiger partial charge in [-0.25, -0.2) is 8.42 Å². The van der Waals surface area contributed by atoms with Crippen molar-refractivity contribution in [1.82, 2.24) is 4.31 Å². The lowest BCUT2D eigenvalue weighted by Gasteiger charge is -2.18. The summed E-state index contributed by atoms with van der Waals surface area (Å²) in [4.78, 5) is 9.95. The van der Waals surface area contributed by atoms with E-state index in [2.05, 4.69) is 0 Å². The molecule has 10 heteroatoms. The number of anilines is 1. The van der Waals surface area contributed by atoms with Crippen molar-refractivity contribution in [3.8, 4) is 0 Å². The van der Waals surface area contributed by atoms with Crippen LogP contribution in [-0.4, -0.2) is 42.4 Å².